The lowest BCUT2D eigenvalue weighted by Gasteiger charge is -2.26. The van der Waals surface area contributed by atoms with Crippen molar-refractivity contribution >= 4 is 23.1 Å². The zero-order valence-electron chi connectivity index (χ0n) is 22.8. The normalized spacial score (nSPS) is 16.5. The molecule has 39 heavy (non-hydrogen) atoms. The number of hydrogen-bond acceptors (Lipinski definition) is 7. The van der Waals surface area contributed by atoms with Gasteiger partial charge in [0.25, 0.3) is 11.7 Å². The first kappa shape index (κ1) is 27.6. The van der Waals surface area contributed by atoms with E-state index in [1.54, 1.807) is 67.8 Å². The van der Waals surface area contributed by atoms with Gasteiger partial charge < -0.3 is 24.1 Å². The summed E-state index contributed by atoms with van der Waals surface area (Å²) in [6, 6.07) is 18.1. The maximum atomic E-state index is 13.6. The van der Waals surface area contributed by atoms with Gasteiger partial charge in [-0.25, -0.2) is 0 Å². The second kappa shape index (κ2) is 11.9. The molecule has 1 amide bonds. The molecule has 8 heteroatoms. The largest absolute Gasteiger partial charge is 0.507 e. The van der Waals surface area contributed by atoms with Crippen LogP contribution in [-0.2, 0) is 9.59 Å². The highest BCUT2D eigenvalue weighted by molar-refractivity contribution is 6.51. The van der Waals surface area contributed by atoms with Gasteiger partial charge in [-0.3, -0.25) is 14.5 Å². The number of carbonyl (C=O) groups excluding carboxylic acids is 2. The molecule has 204 valence electrons. The number of ether oxygens (including phenoxy) is 4. The SMILES string of the molecule is CCOc1ccc(/C(O)=C2\C(=O)C(=O)N(c3ccc(OC)cc3)C2c2cccc(OC(C)C)c2)c(OCC)c1. The van der Waals surface area contributed by atoms with Crippen LogP contribution in [0.25, 0.3) is 5.76 Å². The lowest BCUT2D eigenvalue weighted by atomic mass is 9.94. The Morgan fingerprint density at radius 3 is 2.23 bits per heavy atom. The monoisotopic (exact) mass is 531 g/mol. The summed E-state index contributed by atoms with van der Waals surface area (Å²) in [5, 5.41) is 11.6. The third-order valence-corrected chi connectivity index (χ3v) is 6.16. The molecule has 1 unspecified atom stereocenters. The Labute approximate surface area is 228 Å². The molecule has 1 N–H and O–H groups in total. The van der Waals surface area contributed by atoms with Gasteiger partial charge in [-0.2, -0.15) is 0 Å². The van der Waals surface area contributed by atoms with Crippen molar-refractivity contribution < 1.29 is 33.6 Å². The van der Waals surface area contributed by atoms with E-state index in [1.807, 2.05) is 33.8 Å². The first-order valence-corrected chi connectivity index (χ1v) is 12.9. The highest BCUT2D eigenvalue weighted by Gasteiger charge is 2.47. The van der Waals surface area contributed by atoms with E-state index in [0.29, 0.717) is 47.5 Å². The Morgan fingerprint density at radius 2 is 1.59 bits per heavy atom. The number of carbonyl (C=O) groups is 2. The lowest BCUT2D eigenvalue weighted by Crippen LogP contribution is -2.29. The number of benzene rings is 3. The number of rotatable bonds is 10. The topological polar surface area (TPSA) is 94.5 Å². The second-order valence-electron chi connectivity index (χ2n) is 9.13. The summed E-state index contributed by atoms with van der Waals surface area (Å²) in [7, 11) is 1.55. The average molecular weight is 532 g/mol. The van der Waals surface area contributed by atoms with Gasteiger partial charge in [0.2, 0.25) is 0 Å². The number of ketones is 1. The fourth-order valence-electron chi connectivity index (χ4n) is 4.56. The molecule has 1 heterocycles. The minimum Gasteiger partial charge on any atom is -0.507 e. The summed E-state index contributed by atoms with van der Waals surface area (Å²) in [5.41, 5.74) is 1.32. The van der Waals surface area contributed by atoms with Gasteiger partial charge in [0.1, 0.15) is 28.8 Å². The van der Waals surface area contributed by atoms with Gasteiger partial charge in [-0.15, -0.1) is 0 Å². The fourth-order valence-corrected chi connectivity index (χ4v) is 4.56. The van der Waals surface area contributed by atoms with E-state index < -0.39 is 17.7 Å². The molecule has 0 saturated carbocycles. The van der Waals surface area contributed by atoms with Gasteiger partial charge in [0.05, 0.1) is 43.6 Å². The molecule has 0 radical (unpaired) electrons. The Kier molecular flexibility index (Phi) is 8.44. The maximum absolute atomic E-state index is 13.6. The Bertz CT molecular complexity index is 1380. The third-order valence-electron chi connectivity index (χ3n) is 6.16. The standard InChI is InChI=1S/C31H33NO7/c1-6-37-23-15-16-25(26(18-23)38-7-2)29(33)27-28(20-9-8-10-24(17-20)39-19(3)4)32(31(35)30(27)34)21-11-13-22(36-5)14-12-21/h8-19,28,33H,6-7H2,1-5H3/b29-27+. The molecule has 4 rings (SSSR count). The molecule has 3 aromatic carbocycles. The van der Waals surface area contributed by atoms with Crippen molar-refractivity contribution in [3.63, 3.8) is 0 Å². The quantitative estimate of drug-likeness (QED) is 0.198. The summed E-state index contributed by atoms with van der Waals surface area (Å²) in [6.07, 6.45) is -0.0780. The number of Topliss-reactive ketones (excluding diaryl/α,β-unsaturated/α-hetero) is 1. The van der Waals surface area contributed by atoms with Crippen molar-refractivity contribution in [1.82, 2.24) is 0 Å². The zero-order valence-corrected chi connectivity index (χ0v) is 22.8. The van der Waals surface area contributed by atoms with Crippen LogP contribution in [0.5, 0.6) is 23.0 Å². The fraction of sp³-hybridized carbons (Fsp3) is 0.290. The van der Waals surface area contributed by atoms with E-state index in [1.165, 1.54) is 4.90 Å². The molecular formula is C31H33NO7. The lowest BCUT2D eigenvalue weighted by molar-refractivity contribution is -0.132. The molecular weight excluding hydrogens is 498 g/mol. The van der Waals surface area contributed by atoms with Gasteiger partial charge in [-0.05, 0) is 81.8 Å². The van der Waals surface area contributed by atoms with E-state index in [-0.39, 0.29) is 23.0 Å². The summed E-state index contributed by atoms with van der Waals surface area (Å²) in [5.74, 6) is 0.189. The van der Waals surface area contributed by atoms with E-state index in [4.69, 9.17) is 18.9 Å². The maximum Gasteiger partial charge on any atom is 0.300 e. The minimum atomic E-state index is -0.921. The van der Waals surface area contributed by atoms with Crippen molar-refractivity contribution in [2.24, 2.45) is 0 Å². The summed E-state index contributed by atoms with van der Waals surface area (Å²) < 4.78 is 22.5. The number of amides is 1. The van der Waals surface area contributed by atoms with Crippen LogP contribution in [0.1, 0.15) is 44.9 Å². The molecule has 1 saturated heterocycles. The predicted octanol–water partition coefficient (Wildman–Crippen LogP) is 5.91. The van der Waals surface area contributed by atoms with E-state index in [2.05, 4.69) is 0 Å². The van der Waals surface area contributed by atoms with Gasteiger partial charge in [0, 0.05) is 11.8 Å². The molecule has 1 aliphatic heterocycles. The Hall–Kier alpha value is -4.46. The van der Waals surface area contributed by atoms with Crippen molar-refractivity contribution in [2.45, 2.75) is 39.8 Å². The van der Waals surface area contributed by atoms with Crippen LogP contribution in [0.4, 0.5) is 5.69 Å². The number of aliphatic hydroxyl groups excluding tert-OH is 1. The third kappa shape index (κ3) is 5.70. The molecule has 0 bridgehead atoms. The zero-order chi connectivity index (χ0) is 28.1. The molecule has 0 aromatic heterocycles. The number of nitrogens with zero attached hydrogens (tertiary/aromatic N) is 1. The van der Waals surface area contributed by atoms with Crippen LogP contribution in [0.2, 0.25) is 0 Å². The second-order valence-corrected chi connectivity index (χ2v) is 9.13. The van der Waals surface area contributed by atoms with Gasteiger partial charge >= 0.3 is 0 Å². The molecule has 0 aliphatic carbocycles. The molecule has 1 aliphatic rings. The number of aliphatic hydroxyl groups is 1. The van der Waals surface area contributed by atoms with Crippen LogP contribution < -0.4 is 23.8 Å². The van der Waals surface area contributed by atoms with Crippen LogP contribution in [0.3, 0.4) is 0 Å². The van der Waals surface area contributed by atoms with Gasteiger partial charge in [-0.1, -0.05) is 12.1 Å². The molecule has 1 fully saturated rings. The van der Waals surface area contributed by atoms with Crippen molar-refractivity contribution in [3.8, 4) is 23.0 Å². The van der Waals surface area contributed by atoms with E-state index >= 15 is 0 Å². The van der Waals surface area contributed by atoms with E-state index in [0.717, 1.165) is 0 Å². The number of anilines is 1. The number of hydrogen-bond donors (Lipinski definition) is 1. The molecule has 8 nitrogen and oxygen atoms in total. The first-order valence-electron chi connectivity index (χ1n) is 12.9. The van der Waals surface area contributed by atoms with Crippen LogP contribution in [0.15, 0.2) is 72.3 Å². The minimum absolute atomic E-state index is 0.0531. The highest BCUT2D eigenvalue weighted by atomic mass is 16.5. The Balaban J connectivity index is 1.93. The molecule has 0 spiro atoms. The molecule has 1 atom stereocenters. The van der Waals surface area contributed by atoms with Crippen LogP contribution in [0, 0.1) is 0 Å². The first-order chi connectivity index (χ1) is 18.8. The Morgan fingerprint density at radius 1 is 0.897 bits per heavy atom. The summed E-state index contributed by atoms with van der Waals surface area (Å²) >= 11 is 0. The number of methoxy groups -OCH3 is 1. The van der Waals surface area contributed by atoms with Crippen molar-refractivity contribution in [3.05, 3.63) is 83.4 Å². The van der Waals surface area contributed by atoms with Crippen LogP contribution >= 0.6 is 0 Å². The predicted molar refractivity (Wildman–Crippen MR) is 149 cm³/mol. The van der Waals surface area contributed by atoms with Crippen molar-refractivity contribution in [1.29, 1.82) is 0 Å². The average Bonchev–Trinajstić information content (AvgIpc) is 3.19. The smallest absolute Gasteiger partial charge is 0.300 e. The highest BCUT2D eigenvalue weighted by Crippen LogP contribution is 2.44. The van der Waals surface area contributed by atoms with E-state index in [9.17, 15) is 14.7 Å². The van der Waals surface area contributed by atoms with Crippen molar-refractivity contribution in [2.75, 3.05) is 25.2 Å². The van der Waals surface area contributed by atoms with Gasteiger partial charge in [0.15, 0.2) is 0 Å². The van der Waals surface area contributed by atoms with Crippen LogP contribution in [-0.4, -0.2) is 43.2 Å². The summed E-state index contributed by atoms with van der Waals surface area (Å²) in [6.45, 7) is 8.30. The molecule has 3 aromatic rings. The summed E-state index contributed by atoms with van der Waals surface area (Å²) in [4.78, 5) is 28.5.